The summed E-state index contributed by atoms with van der Waals surface area (Å²) in [7, 11) is 1.50. The summed E-state index contributed by atoms with van der Waals surface area (Å²) in [4.78, 5) is 11.5. The standard InChI is InChI=1S/C26H19BrClF2NO3.CH5N/c1-15-2-8-24(31(15)21-10-16(26(32)33)3-5-18(27)11-21)22-12-19(28)6-9-25(22)34-14-17-4-7-20(29)13-23(17)30;1-2/h2-13,18H,14H2,1H3,(H,32,33);2H2,1H3. The molecule has 1 aliphatic carbocycles. The van der Waals surface area contributed by atoms with Crippen LogP contribution in [0.2, 0.25) is 5.02 Å². The highest BCUT2D eigenvalue weighted by atomic mass is 79.9. The summed E-state index contributed by atoms with van der Waals surface area (Å²) in [5, 5.41) is 10.0. The third kappa shape index (κ3) is 6.32. The predicted octanol–water partition coefficient (Wildman–Crippen LogP) is 6.73. The van der Waals surface area contributed by atoms with Crippen LogP contribution in [0.1, 0.15) is 11.3 Å². The summed E-state index contributed by atoms with van der Waals surface area (Å²) >= 11 is 9.82. The lowest BCUT2D eigenvalue weighted by atomic mass is 10.1. The van der Waals surface area contributed by atoms with Crippen molar-refractivity contribution in [2.24, 2.45) is 5.73 Å². The van der Waals surface area contributed by atoms with Crippen molar-refractivity contribution in [3.63, 3.8) is 0 Å². The van der Waals surface area contributed by atoms with Gasteiger partial charge in [-0.05, 0) is 68.6 Å². The van der Waals surface area contributed by atoms with Crippen molar-refractivity contribution in [3.8, 4) is 17.0 Å². The van der Waals surface area contributed by atoms with Crippen LogP contribution in [0.3, 0.4) is 0 Å². The maximum Gasteiger partial charge on any atom is 0.335 e. The Balaban J connectivity index is 0.00000176. The van der Waals surface area contributed by atoms with Gasteiger partial charge in [-0.3, -0.25) is 0 Å². The summed E-state index contributed by atoms with van der Waals surface area (Å²) < 4.78 is 35.2. The average Bonchev–Trinajstić information content (AvgIpc) is 3.11. The monoisotopic (exact) mass is 576 g/mol. The molecule has 0 radical (unpaired) electrons. The first-order valence-corrected chi connectivity index (χ1v) is 12.1. The molecule has 0 amide bonds. The number of halogens is 4. The fraction of sp³-hybridized carbons (Fsp3) is 0.148. The molecule has 0 saturated heterocycles. The molecule has 9 heteroatoms. The van der Waals surface area contributed by atoms with Gasteiger partial charge in [0.25, 0.3) is 0 Å². The zero-order chi connectivity index (χ0) is 26.4. The van der Waals surface area contributed by atoms with Gasteiger partial charge in [-0.1, -0.05) is 39.7 Å². The third-order valence-electron chi connectivity index (χ3n) is 5.29. The van der Waals surface area contributed by atoms with E-state index in [4.69, 9.17) is 16.3 Å². The summed E-state index contributed by atoms with van der Waals surface area (Å²) in [6.45, 7) is 1.79. The summed E-state index contributed by atoms with van der Waals surface area (Å²) in [6.07, 6.45) is 6.78. The molecular formula is C27H24BrClF2N2O3. The molecule has 1 unspecified atom stereocenters. The quantitative estimate of drug-likeness (QED) is 0.318. The van der Waals surface area contributed by atoms with E-state index in [1.165, 1.54) is 19.2 Å². The van der Waals surface area contributed by atoms with E-state index in [-0.39, 0.29) is 22.6 Å². The normalized spacial score (nSPS) is 14.8. The number of hydrogen-bond donors (Lipinski definition) is 2. The lowest BCUT2D eigenvalue weighted by Gasteiger charge is -2.17. The smallest absolute Gasteiger partial charge is 0.335 e. The number of carboxylic acid groups (broad SMARTS) is 1. The number of hydrogen-bond acceptors (Lipinski definition) is 3. The van der Waals surface area contributed by atoms with Crippen molar-refractivity contribution in [1.29, 1.82) is 0 Å². The highest BCUT2D eigenvalue weighted by Crippen LogP contribution is 2.37. The Labute approximate surface area is 221 Å². The van der Waals surface area contributed by atoms with Gasteiger partial charge in [0.15, 0.2) is 0 Å². The van der Waals surface area contributed by atoms with Gasteiger partial charge in [0.2, 0.25) is 0 Å². The van der Waals surface area contributed by atoms with Crippen LogP contribution in [0.25, 0.3) is 17.0 Å². The highest BCUT2D eigenvalue weighted by Gasteiger charge is 2.19. The lowest BCUT2D eigenvalue weighted by Crippen LogP contribution is -2.05. The number of aliphatic carboxylic acids is 1. The van der Waals surface area contributed by atoms with E-state index in [2.05, 4.69) is 21.7 Å². The van der Waals surface area contributed by atoms with E-state index >= 15 is 0 Å². The van der Waals surface area contributed by atoms with E-state index in [1.807, 2.05) is 29.7 Å². The number of ether oxygens (including phenoxy) is 1. The van der Waals surface area contributed by atoms with Gasteiger partial charge in [-0.25, -0.2) is 13.6 Å². The first-order chi connectivity index (χ1) is 17.2. The van der Waals surface area contributed by atoms with Crippen LogP contribution in [0.4, 0.5) is 8.78 Å². The first kappa shape index (κ1) is 27.4. The average molecular weight is 578 g/mol. The van der Waals surface area contributed by atoms with Crippen molar-refractivity contribution in [2.75, 3.05) is 7.05 Å². The summed E-state index contributed by atoms with van der Waals surface area (Å²) in [5.74, 6) is -1.95. The van der Waals surface area contributed by atoms with Gasteiger partial charge in [-0.15, -0.1) is 0 Å². The van der Waals surface area contributed by atoms with E-state index in [9.17, 15) is 18.7 Å². The molecule has 0 saturated carbocycles. The van der Waals surface area contributed by atoms with Gasteiger partial charge in [-0.2, -0.15) is 0 Å². The van der Waals surface area contributed by atoms with Crippen LogP contribution >= 0.6 is 27.5 Å². The van der Waals surface area contributed by atoms with Crippen LogP contribution in [-0.4, -0.2) is 27.5 Å². The SMILES string of the molecule is CN.Cc1ccc(-c2cc(Cl)ccc2OCc2ccc(F)cc2F)n1C1=CC(Br)C=CC(C(=O)O)=C1. The fourth-order valence-electron chi connectivity index (χ4n) is 3.66. The van der Waals surface area contributed by atoms with E-state index in [0.29, 0.717) is 27.7 Å². The van der Waals surface area contributed by atoms with Crippen molar-refractivity contribution in [2.45, 2.75) is 18.4 Å². The summed E-state index contributed by atoms with van der Waals surface area (Å²) in [5.41, 5.74) is 7.71. The zero-order valence-electron chi connectivity index (χ0n) is 19.5. The highest BCUT2D eigenvalue weighted by molar-refractivity contribution is 9.09. The Morgan fingerprint density at radius 3 is 2.61 bits per heavy atom. The topological polar surface area (TPSA) is 77.5 Å². The number of rotatable bonds is 6. The lowest BCUT2D eigenvalue weighted by molar-refractivity contribution is -0.132. The Kier molecular flexibility index (Phi) is 9.25. The van der Waals surface area contributed by atoms with Crippen molar-refractivity contribution in [3.05, 3.63) is 106 Å². The molecule has 1 heterocycles. The molecule has 0 bridgehead atoms. The predicted molar refractivity (Wildman–Crippen MR) is 142 cm³/mol. The number of carbonyl (C=O) groups is 1. The molecule has 4 rings (SSSR count). The van der Waals surface area contributed by atoms with E-state index < -0.39 is 17.6 Å². The maximum absolute atomic E-state index is 14.1. The maximum atomic E-state index is 14.1. The second-order valence-electron chi connectivity index (χ2n) is 7.66. The van der Waals surface area contributed by atoms with E-state index in [1.54, 1.807) is 36.4 Å². The third-order valence-corrected chi connectivity index (χ3v) is 6.09. The Bertz CT molecular complexity index is 1370. The second-order valence-corrected chi connectivity index (χ2v) is 9.15. The molecule has 1 aromatic heterocycles. The molecule has 36 heavy (non-hydrogen) atoms. The van der Waals surface area contributed by atoms with Crippen molar-refractivity contribution < 1.29 is 23.4 Å². The number of allylic oxidation sites excluding steroid dienone is 4. The Morgan fingerprint density at radius 2 is 1.92 bits per heavy atom. The Hall–Kier alpha value is -3.20. The molecule has 2 aromatic carbocycles. The summed E-state index contributed by atoms with van der Waals surface area (Å²) in [6, 6.07) is 12.2. The number of aryl methyl sites for hydroxylation is 1. The minimum atomic E-state index is -1.04. The van der Waals surface area contributed by atoms with Crippen LogP contribution < -0.4 is 10.5 Å². The molecular weight excluding hydrogens is 554 g/mol. The van der Waals surface area contributed by atoms with Gasteiger partial charge in [0, 0.05) is 33.6 Å². The molecule has 3 N–H and O–H groups in total. The molecule has 188 valence electrons. The van der Waals surface area contributed by atoms with Crippen molar-refractivity contribution >= 4 is 39.2 Å². The molecule has 0 fully saturated rings. The fourth-order valence-corrected chi connectivity index (χ4v) is 4.25. The van der Waals surface area contributed by atoms with Gasteiger partial charge in [0.05, 0.1) is 16.1 Å². The van der Waals surface area contributed by atoms with Crippen LogP contribution in [0, 0.1) is 18.6 Å². The van der Waals surface area contributed by atoms with E-state index in [0.717, 1.165) is 11.8 Å². The molecule has 5 nitrogen and oxygen atoms in total. The number of alkyl halides is 1. The largest absolute Gasteiger partial charge is 0.488 e. The zero-order valence-corrected chi connectivity index (χ0v) is 21.9. The minimum absolute atomic E-state index is 0.112. The van der Waals surface area contributed by atoms with Gasteiger partial charge >= 0.3 is 5.97 Å². The van der Waals surface area contributed by atoms with Crippen LogP contribution in [0.15, 0.2) is 78.4 Å². The van der Waals surface area contributed by atoms with Crippen molar-refractivity contribution in [1.82, 2.24) is 4.57 Å². The van der Waals surface area contributed by atoms with Crippen LogP contribution in [-0.2, 0) is 11.4 Å². The first-order valence-electron chi connectivity index (χ1n) is 10.8. The number of carboxylic acids is 1. The number of aromatic nitrogens is 1. The van der Waals surface area contributed by atoms with Crippen LogP contribution in [0.5, 0.6) is 5.75 Å². The van der Waals surface area contributed by atoms with Gasteiger partial charge in [0.1, 0.15) is 24.0 Å². The van der Waals surface area contributed by atoms with Gasteiger partial charge < -0.3 is 20.1 Å². The Morgan fingerprint density at radius 1 is 1.17 bits per heavy atom. The second kappa shape index (κ2) is 12.2. The molecule has 1 atom stereocenters. The molecule has 3 aromatic rings. The number of nitrogens with two attached hydrogens (primary N) is 1. The molecule has 0 aliphatic heterocycles. The molecule has 0 spiro atoms. The number of nitrogens with zero attached hydrogens (tertiary/aromatic N) is 1. The minimum Gasteiger partial charge on any atom is -0.488 e. The number of benzene rings is 2. The molecule has 1 aliphatic rings.